The van der Waals surface area contributed by atoms with Crippen LogP contribution in [0.2, 0.25) is 0 Å². The Hall–Kier alpha value is -1.75. The summed E-state index contributed by atoms with van der Waals surface area (Å²) >= 11 is 0. The number of piperidine rings is 1. The summed E-state index contributed by atoms with van der Waals surface area (Å²) in [4.78, 5) is 8.08. The van der Waals surface area contributed by atoms with E-state index in [9.17, 15) is 0 Å². The molecule has 0 saturated carbocycles. The van der Waals surface area contributed by atoms with Crippen LogP contribution in [-0.4, -0.2) is 36.3 Å². The second-order valence-corrected chi connectivity index (χ2v) is 6.27. The molecule has 3 rings (SSSR count). The SMILES string of the molecule is COc1c(C)c(OC2CCNCC2)cc2[nH]c(C(C)C)nc12. The number of ether oxygens (including phenoxy) is 2. The first-order valence-electron chi connectivity index (χ1n) is 8.04. The first-order chi connectivity index (χ1) is 10.6. The number of methoxy groups -OCH3 is 1. The Labute approximate surface area is 131 Å². The molecule has 1 saturated heterocycles. The maximum absolute atomic E-state index is 6.24. The lowest BCUT2D eigenvalue weighted by Crippen LogP contribution is -2.34. The van der Waals surface area contributed by atoms with Crippen LogP contribution in [-0.2, 0) is 0 Å². The molecule has 5 heteroatoms. The summed E-state index contributed by atoms with van der Waals surface area (Å²) in [6.45, 7) is 8.33. The lowest BCUT2D eigenvalue weighted by Gasteiger charge is -2.25. The largest absolute Gasteiger partial charge is 0.494 e. The van der Waals surface area contributed by atoms with Crippen molar-refractivity contribution in [1.82, 2.24) is 15.3 Å². The van der Waals surface area contributed by atoms with Gasteiger partial charge in [-0.3, -0.25) is 0 Å². The third-order valence-electron chi connectivity index (χ3n) is 4.28. The van der Waals surface area contributed by atoms with Gasteiger partial charge in [-0.15, -0.1) is 0 Å². The molecule has 2 heterocycles. The smallest absolute Gasteiger partial charge is 0.153 e. The Balaban J connectivity index is 2.00. The van der Waals surface area contributed by atoms with Crippen molar-refractivity contribution in [2.24, 2.45) is 0 Å². The number of H-pyrrole nitrogens is 1. The lowest BCUT2D eigenvalue weighted by atomic mass is 10.1. The number of nitrogens with one attached hydrogen (secondary N) is 2. The minimum absolute atomic E-state index is 0.273. The molecule has 0 radical (unpaired) electrons. The zero-order chi connectivity index (χ0) is 15.7. The monoisotopic (exact) mass is 303 g/mol. The molecule has 1 aliphatic rings. The number of nitrogens with zero attached hydrogens (tertiary/aromatic N) is 1. The van der Waals surface area contributed by atoms with Gasteiger partial charge in [0, 0.05) is 17.5 Å². The van der Waals surface area contributed by atoms with Gasteiger partial charge in [-0.05, 0) is 32.9 Å². The zero-order valence-electron chi connectivity index (χ0n) is 13.8. The number of imidazole rings is 1. The summed E-state index contributed by atoms with van der Waals surface area (Å²) in [6.07, 6.45) is 2.36. The van der Waals surface area contributed by atoms with Crippen LogP contribution in [0.3, 0.4) is 0 Å². The van der Waals surface area contributed by atoms with E-state index in [0.29, 0.717) is 5.92 Å². The number of aromatic amines is 1. The zero-order valence-corrected chi connectivity index (χ0v) is 13.8. The van der Waals surface area contributed by atoms with Crippen LogP contribution in [0, 0.1) is 6.92 Å². The summed E-state index contributed by atoms with van der Waals surface area (Å²) in [5, 5.41) is 3.36. The Morgan fingerprint density at radius 3 is 2.64 bits per heavy atom. The number of aromatic nitrogens is 2. The molecule has 0 atom stereocenters. The van der Waals surface area contributed by atoms with Gasteiger partial charge in [-0.2, -0.15) is 0 Å². The molecule has 22 heavy (non-hydrogen) atoms. The standard InChI is InChI=1S/C17H25N3O2/c1-10(2)17-19-13-9-14(22-12-5-7-18-8-6-12)11(3)16(21-4)15(13)20-17/h9-10,12,18H,5-8H2,1-4H3,(H,19,20). The van der Waals surface area contributed by atoms with Crippen LogP contribution in [0.4, 0.5) is 0 Å². The fourth-order valence-electron chi connectivity index (χ4n) is 2.95. The van der Waals surface area contributed by atoms with Crippen molar-refractivity contribution in [3.05, 3.63) is 17.5 Å². The Morgan fingerprint density at radius 2 is 2.00 bits per heavy atom. The van der Waals surface area contributed by atoms with Gasteiger partial charge in [0.25, 0.3) is 0 Å². The second-order valence-electron chi connectivity index (χ2n) is 6.27. The van der Waals surface area contributed by atoms with E-state index in [0.717, 1.165) is 59.9 Å². The normalized spacial score (nSPS) is 16.4. The van der Waals surface area contributed by atoms with Crippen LogP contribution in [0.1, 0.15) is 44.0 Å². The molecule has 120 valence electrons. The third kappa shape index (κ3) is 2.77. The Bertz CT molecular complexity index is 657. The molecule has 1 aromatic carbocycles. The van der Waals surface area contributed by atoms with Crippen molar-refractivity contribution in [2.45, 2.75) is 45.6 Å². The highest BCUT2D eigenvalue weighted by molar-refractivity contribution is 5.85. The topological polar surface area (TPSA) is 59.2 Å². The van der Waals surface area contributed by atoms with Gasteiger partial charge in [0.1, 0.15) is 23.2 Å². The van der Waals surface area contributed by atoms with E-state index in [1.54, 1.807) is 7.11 Å². The number of benzene rings is 1. The fourth-order valence-corrected chi connectivity index (χ4v) is 2.95. The van der Waals surface area contributed by atoms with Gasteiger partial charge in [0.2, 0.25) is 0 Å². The van der Waals surface area contributed by atoms with E-state index in [1.165, 1.54) is 0 Å². The van der Waals surface area contributed by atoms with Crippen molar-refractivity contribution in [2.75, 3.05) is 20.2 Å². The van der Waals surface area contributed by atoms with Crippen LogP contribution < -0.4 is 14.8 Å². The molecule has 1 fully saturated rings. The van der Waals surface area contributed by atoms with E-state index in [2.05, 4.69) is 35.2 Å². The molecular weight excluding hydrogens is 278 g/mol. The summed E-state index contributed by atoms with van der Waals surface area (Å²) in [5.41, 5.74) is 2.90. The van der Waals surface area contributed by atoms with Crippen LogP contribution in [0.25, 0.3) is 11.0 Å². The minimum atomic E-state index is 0.273. The average Bonchev–Trinajstić information content (AvgIpc) is 2.93. The Kier molecular flexibility index (Phi) is 4.25. The Morgan fingerprint density at radius 1 is 1.27 bits per heavy atom. The van der Waals surface area contributed by atoms with E-state index < -0.39 is 0 Å². The van der Waals surface area contributed by atoms with Gasteiger partial charge in [0.15, 0.2) is 5.75 Å². The lowest BCUT2D eigenvalue weighted by molar-refractivity contribution is 0.161. The van der Waals surface area contributed by atoms with E-state index >= 15 is 0 Å². The number of fused-ring (bicyclic) bond motifs is 1. The second kappa shape index (κ2) is 6.16. The quantitative estimate of drug-likeness (QED) is 0.911. The highest BCUT2D eigenvalue weighted by Gasteiger charge is 2.20. The molecule has 5 nitrogen and oxygen atoms in total. The first-order valence-corrected chi connectivity index (χ1v) is 8.04. The van der Waals surface area contributed by atoms with Crippen molar-refractivity contribution < 1.29 is 9.47 Å². The van der Waals surface area contributed by atoms with Gasteiger partial charge >= 0.3 is 0 Å². The molecule has 1 aromatic heterocycles. The van der Waals surface area contributed by atoms with Gasteiger partial charge in [0.05, 0.1) is 12.6 Å². The molecule has 0 spiro atoms. The van der Waals surface area contributed by atoms with Crippen LogP contribution in [0.5, 0.6) is 11.5 Å². The van der Waals surface area contributed by atoms with Crippen molar-refractivity contribution in [1.29, 1.82) is 0 Å². The number of hydrogen-bond acceptors (Lipinski definition) is 4. The maximum Gasteiger partial charge on any atom is 0.153 e. The minimum Gasteiger partial charge on any atom is -0.494 e. The third-order valence-corrected chi connectivity index (χ3v) is 4.28. The average molecular weight is 303 g/mol. The van der Waals surface area contributed by atoms with Crippen LogP contribution in [0.15, 0.2) is 6.07 Å². The molecule has 0 amide bonds. The summed E-state index contributed by atoms with van der Waals surface area (Å²) < 4.78 is 11.8. The predicted octanol–water partition coefficient (Wildman–Crippen LogP) is 3.13. The van der Waals surface area contributed by atoms with E-state index in [1.807, 2.05) is 6.92 Å². The molecule has 2 N–H and O–H groups in total. The molecule has 1 aliphatic heterocycles. The fraction of sp³-hybridized carbons (Fsp3) is 0.588. The van der Waals surface area contributed by atoms with Crippen molar-refractivity contribution >= 4 is 11.0 Å². The molecule has 0 aliphatic carbocycles. The highest BCUT2D eigenvalue weighted by Crippen LogP contribution is 2.36. The summed E-state index contributed by atoms with van der Waals surface area (Å²) in [6, 6.07) is 2.06. The number of rotatable bonds is 4. The van der Waals surface area contributed by atoms with Gasteiger partial charge in [-0.25, -0.2) is 4.98 Å². The molecule has 0 bridgehead atoms. The number of hydrogen-bond donors (Lipinski definition) is 2. The van der Waals surface area contributed by atoms with E-state index in [4.69, 9.17) is 9.47 Å². The summed E-state index contributed by atoms with van der Waals surface area (Å²) in [7, 11) is 1.69. The van der Waals surface area contributed by atoms with Crippen molar-refractivity contribution in [3.63, 3.8) is 0 Å². The molecular formula is C17H25N3O2. The highest BCUT2D eigenvalue weighted by atomic mass is 16.5. The predicted molar refractivity (Wildman–Crippen MR) is 88.0 cm³/mol. The molecule has 2 aromatic rings. The van der Waals surface area contributed by atoms with Crippen LogP contribution >= 0.6 is 0 Å². The first kappa shape index (κ1) is 15.2. The van der Waals surface area contributed by atoms with Gasteiger partial charge < -0.3 is 19.8 Å². The van der Waals surface area contributed by atoms with E-state index in [-0.39, 0.29) is 6.10 Å². The molecule has 0 unspecified atom stereocenters. The van der Waals surface area contributed by atoms with Gasteiger partial charge in [-0.1, -0.05) is 13.8 Å². The van der Waals surface area contributed by atoms with Crippen molar-refractivity contribution in [3.8, 4) is 11.5 Å². The maximum atomic E-state index is 6.24. The summed E-state index contributed by atoms with van der Waals surface area (Å²) in [5.74, 6) is 3.04.